The van der Waals surface area contributed by atoms with Crippen molar-refractivity contribution in [2.24, 2.45) is 5.92 Å². The minimum absolute atomic E-state index is 0.261. The van der Waals surface area contributed by atoms with Crippen LogP contribution in [0.1, 0.15) is 21.9 Å². The molecule has 0 bridgehead atoms. The second kappa shape index (κ2) is 10.4. The number of thiazole rings is 1. The highest BCUT2D eigenvalue weighted by Gasteiger charge is 2.56. The summed E-state index contributed by atoms with van der Waals surface area (Å²) in [5.74, 6) is -2.39. The van der Waals surface area contributed by atoms with E-state index in [0.717, 1.165) is 16.9 Å². The number of aryl methyl sites for hydroxylation is 1. The SMILES string of the molecule is Cc1ccc(N2C(=O)[C@H]3[C@H](c4cccc(OCC(=O)Nc5ccc(F)cc5)c4)c4sc(=O)[nH]c4S[C@H]3C2=O)cc1. The van der Waals surface area contributed by atoms with Crippen molar-refractivity contribution in [1.82, 2.24) is 4.98 Å². The van der Waals surface area contributed by atoms with Crippen molar-refractivity contribution in [2.75, 3.05) is 16.8 Å². The minimum atomic E-state index is -0.727. The highest BCUT2D eigenvalue weighted by Crippen LogP contribution is 2.53. The van der Waals surface area contributed by atoms with E-state index in [1.54, 1.807) is 30.3 Å². The van der Waals surface area contributed by atoms with Crippen LogP contribution in [0.15, 0.2) is 82.6 Å². The Balaban J connectivity index is 1.28. The number of hydrogen-bond acceptors (Lipinski definition) is 7. The largest absolute Gasteiger partial charge is 0.484 e. The number of hydrogen-bond donors (Lipinski definition) is 2. The number of halogens is 1. The number of aromatic nitrogens is 1. The zero-order valence-electron chi connectivity index (χ0n) is 21.1. The second-order valence-corrected chi connectivity index (χ2v) is 11.7. The van der Waals surface area contributed by atoms with E-state index in [2.05, 4.69) is 10.3 Å². The van der Waals surface area contributed by atoms with E-state index in [9.17, 15) is 23.6 Å². The lowest BCUT2D eigenvalue weighted by molar-refractivity contribution is -0.122. The molecule has 40 heavy (non-hydrogen) atoms. The molecule has 0 radical (unpaired) electrons. The number of imide groups is 1. The van der Waals surface area contributed by atoms with E-state index >= 15 is 0 Å². The van der Waals surface area contributed by atoms with Gasteiger partial charge in [-0.15, -0.1) is 0 Å². The third-order valence-electron chi connectivity index (χ3n) is 6.83. The van der Waals surface area contributed by atoms with Gasteiger partial charge >= 0.3 is 4.87 Å². The summed E-state index contributed by atoms with van der Waals surface area (Å²) in [6, 6.07) is 19.6. The number of benzene rings is 3. The molecule has 3 aromatic carbocycles. The highest BCUT2D eigenvalue weighted by atomic mass is 32.2. The normalized spacial score (nSPS) is 19.8. The third-order valence-corrected chi connectivity index (χ3v) is 9.23. The number of H-pyrrole nitrogens is 1. The summed E-state index contributed by atoms with van der Waals surface area (Å²) in [6.45, 7) is 1.63. The summed E-state index contributed by atoms with van der Waals surface area (Å²) in [6.07, 6.45) is 0. The quantitative estimate of drug-likeness (QED) is 0.323. The lowest BCUT2D eigenvalue weighted by Gasteiger charge is -2.30. The molecule has 3 heterocycles. The van der Waals surface area contributed by atoms with Crippen molar-refractivity contribution in [3.8, 4) is 5.75 Å². The lowest BCUT2D eigenvalue weighted by atomic mass is 9.83. The van der Waals surface area contributed by atoms with Crippen LogP contribution in [-0.2, 0) is 14.4 Å². The van der Waals surface area contributed by atoms with Gasteiger partial charge in [-0.3, -0.25) is 19.2 Å². The molecule has 11 heteroatoms. The first-order valence-corrected chi connectivity index (χ1v) is 14.1. The predicted molar refractivity (Wildman–Crippen MR) is 151 cm³/mol. The fourth-order valence-corrected chi connectivity index (χ4v) is 7.52. The highest BCUT2D eigenvalue weighted by molar-refractivity contribution is 8.00. The number of nitrogens with one attached hydrogen (secondary N) is 2. The smallest absolute Gasteiger partial charge is 0.305 e. The van der Waals surface area contributed by atoms with Crippen molar-refractivity contribution < 1.29 is 23.5 Å². The number of amides is 3. The van der Waals surface area contributed by atoms with Crippen molar-refractivity contribution >= 4 is 52.2 Å². The topological polar surface area (TPSA) is 109 Å². The Hall–Kier alpha value is -4.22. The molecular weight excluding hydrogens is 553 g/mol. The molecule has 3 amide bonds. The van der Waals surface area contributed by atoms with Crippen molar-refractivity contribution in [1.29, 1.82) is 0 Å². The molecule has 1 aromatic heterocycles. The van der Waals surface area contributed by atoms with E-state index in [-0.39, 0.29) is 23.3 Å². The summed E-state index contributed by atoms with van der Waals surface area (Å²) >= 11 is 2.24. The molecule has 1 saturated heterocycles. The first-order chi connectivity index (χ1) is 19.3. The number of carbonyl (C=O) groups excluding carboxylic acids is 3. The Morgan fingerprint density at radius 3 is 2.52 bits per heavy atom. The molecule has 2 aliphatic rings. The first kappa shape index (κ1) is 26.0. The summed E-state index contributed by atoms with van der Waals surface area (Å²) in [5.41, 5.74) is 2.65. The van der Waals surface area contributed by atoms with Gasteiger partial charge in [0, 0.05) is 16.5 Å². The van der Waals surface area contributed by atoms with Crippen molar-refractivity contribution in [2.45, 2.75) is 23.1 Å². The third kappa shape index (κ3) is 4.82. The Kier molecular flexibility index (Phi) is 6.77. The van der Waals surface area contributed by atoms with Gasteiger partial charge in [0.2, 0.25) is 11.8 Å². The molecule has 0 saturated carbocycles. The maximum atomic E-state index is 13.8. The summed E-state index contributed by atoms with van der Waals surface area (Å²) in [7, 11) is 0. The molecule has 1 fully saturated rings. The van der Waals surface area contributed by atoms with E-state index < -0.39 is 28.8 Å². The van der Waals surface area contributed by atoms with Gasteiger partial charge in [0.15, 0.2) is 6.61 Å². The fourth-order valence-electron chi connectivity index (χ4n) is 5.00. The molecule has 0 spiro atoms. The number of anilines is 2. The zero-order chi connectivity index (χ0) is 28.0. The summed E-state index contributed by atoms with van der Waals surface area (Å²) in [5, 5.41) is 2.52. The lowest BCUT2D eigenvalue weighted by Crippen LogP contribution is -2.32. The minimum Gasteiger partial charge on any atom is -0.484 e. The fraction of sp³-hybridized carbons (Fsp3) is 0.172. The maximum Gasteiger partial charge on any atom is 0.305 e. The predicted octanol–water partition coefficient (Wildman–Crippen LogP) is 4.70. The molecule has 0 unspecified atom stereocenters. The molecule has 2 aliphatic heterocycles. The van der Waals surface area contributed by atoms with Crippen LogP contribution < -0.4 is 19.8 Å². The summed E-state index contributed by atoms with van der Waals surface area (Å²) in [4.78, 5) is 56.6. The van der Waals surface area contributed by atoms with E-state index in [1.165, 1.54) is 40.9 Å². The van der Waals surface area contributed by atoms with Crippen molar-refractivity contribution in [3.63, 3.8) is 0 Å². The van der Waals surface area contributed by atoms with Crippen LogP contribution in [0.5, 0.6) is 5.75 Å². The number of nitrogens with zero attached hydrogens (tertiary/aromatic N) is 1. The van der Waals surface area contributed by atoms with Gasteiger partial charge in [-0.25, -0.2) is 9.29 Å². The van der Waals surface area contributed by atoms with E-state index in [4.69, 9.17) is 4.74 Å². The van der Waals surface area contributed by atoms with Crippen molar-refractivity contribution in [3.05, 3.63) is 104 Å². The Morgan fingerprint density at radius 2 is 1.77 bits per heavy atom. The number of fused-ring (bicyclic) bond motifs is 2. The van der Waals surface area contributed by atoms with Gasteiger partial charge in [0.25, 0.3) is 5.91 Å². The average Bonchev–Trinajstić information content (AvgIpc) is 3.43. The molecular formula is C29H22FN3O5S2. The number of ether oxygens (including phenoxy) is 1. The Bertz CT molecular complexity index is 1680. The molecule has 8 nitrogen and oxygen atoms in total. The number of carbonyl (C=O) groups is 3. The zero-order valence-corrected chi connectivity index (χ0v) is 22.7. The standard InChI is InChI=1S/C29H22FN3O5S2/c1-15-5-11-19(12-6-15)33-27(35)23-22(24-26(32-29(37)40-24)39-25(23)28(33)36)16-3-2-4-20(13-16)38-14-21(34)31-18-9-7-17(30)8-10-18/h2-13,22-23,25H,14H2,1H3,(H,31,34)(H,32,37)/t22-,23-,25+/m0/s1. The molecule has 6 rings (SSSR count). The van der Waals surface area contributed by atoms with Gasteiger partial charge in [-0.1, -0.05) is 52.9 Å². The molecule has 2 N–H and O–H groups in total. The molecule has 3 atom stereocenters. The average molecular weight is 576 g/mol. The van der Waals surface area contributed by atoms with Gasteiger partial charge in [-0.05, 0) is 61.0 Å². The van der Waals surface area contributed by atoms with Gasteiger partial charge in [-0.2, -0.15) is 0 Å². The first-order valence-electron chi connectivity index (χ1n) is 12.4. The number of thioether (sulfide) groups is 1. The Labute approximate surface area is 236 Å². The second-order valence-electron chi connectivity index (χ2n) is 9.51. The Morgan fingerprint density at radius 1 is 1.02 bits per heavy atom. The maximum absolute atomic E-state index is 13.8. The molecule has 0 aliphatic carbocycles. The van der Waals surface area contributed by atoms with Crippen LogP contribution in [0, 0.1) is 18.7 Å². The summed E-state index contributed by atoms with van der Waals surface area (Å²) < 4.78 is 18.9. The monoisotopic (exact) mass is 575 g/mol. The number of aromatic amines is 1. The van der Waals surface area contributed by atoms with Crippen LogP contribution in [0.4, 0.5) is 15.8 Å². The molecule has 4 aromatic rings. The van der Waals surface area contributed by atoms with Crippen LogP contribution in [0.25, 0.3) is 0 Å². The van der Waals surface area contributed by atoms with Gasteiger partial charge in [0.1, 0.15) is 16.8 Å². The van der Waals surface area contributed by atoms with E-state index in [1.807, 2.05) is 25.1 Å². The van der Waals surface area contributed by atoms with Gasteiger partial charge < -0.3 is 15.0 Å². The van der Waals surface area contributed by atoms with Crippen LogP contribution in [0.3, 0.4) is 0 Å². The van der Waals surface area contributed by atoms with Gasteiger partial charge in [0.05, 0.1) is 16.6 Å². The number of rotatable bonds is 6. The molecule has 202 valence electrons. The van der Waals surface area contributed by atoms with Crippen LogP contribution >= 0.6 is 23.1 Å². The van der Waals surface area contributed by atoms with Crippen LogP contribution in [0.2, 0.25) is 0 Å². The van der Waals surface area contributed by atoms with E-state index in [0.29, 0.717) is 32.6 Å². The van der Waals surface area contributed by atoms with Crippen LogP contribution in [-0.4, -0.2) is 34.6 Å².